The molecule has 0 aromatic carbocycles. The van der Waals surface area contributed by atoms with Crippen LogP contribution in [0.2, 0.25) is 0 Å². The molecule has 0 aliphatic rings. The molecule has 0 bridgehead atoms. The zero-order chi connectivity index (χ0) is 13.1. The lowest BCUT2D eigenvalue weighted by molar-refractivity contribution is 0.0701. The fourth-order valence-electron chi connectivity index (χ4n) is 1.55. The lowest BCUT2D eigenvalue weighted by Gasteiger charge is -2.11. The van der Waals surface area contributed by atoms with Crippen molar-refractivity contribution in [1.29, 1.82) is 0 Å². The first kappa shape index (κ1) is 12.5. The van der Waals surface area contributed by atoms with Gasteiger partial charge in [-0.3, -0.25) is 4.98 Å². The zero-order valence-corrected chi connectivity index (χ0v) is 10.9. The fourth-order valence-corrected chi connectivity index (χ4v) is 2.44. The van der Waals surface area contributed by atoms with E-state index in [0.717, 1.165) is 17.0 Å². The van der Waals surface area contributed by atoms with Gasteiger partial charge < -0.3 is 10.4 Å². The molecule has 2 aromatic heterocycles. The van der Waals surface area contributed by atoms with Crippen LogP contribution in [0.4, 0.5) is 5.13 Å². The first-order chi connectivity index (χ1) is 8.58. The van der Waals surface area contributed by atoms with E-state index in [-0.39, 0.29) is 10.9 Å². The van der Waals surface area contributed by atoms with Crippen molar-refractivity contribution in [2.75, 3.05) is 5.32 Å². The van der Waals surface area contributed by atoms with Crippen LogP contribution in [-0.4, -0.2) is 21.0 Å². The molecule has 1 atom stereocenters. The number of anilines is 1. The number of aryl methyl sites for hydroxylation is 1. The Labute approximate surface area is 109 Å². The van der Waals surface area contributed by atoms with Crippen molar-refractivity contribution >= 4 is 22.4 Å². The van der Waals surface area contributed by atoms with Crippen LogP contribution in [0.15, 0.2) is 24.4 Å². The molecular formula is C12H13N3O2S. The zero-order valence-electron chi connectivity index (χ0n) is 10.0. The highest BCUT2D eigenvalue weighted by atomic mass is 32.1. The maximum atomic E-state index is 10.9. The van der Waals surface area contributed by atoms with E-state index < -0.39 is 5.97 Å². The normalized spacial score (nSPS) is 12.1. The van der Waals surface area contributed by atoms with Gasteiger partial charge in [0.25, 0.3) is 0 Å². The van der Waals surface area contributed by atoms with E-state index in [9.17, 15) is 4.79 Å². The van der Waals surface area contributed by atoms with E-state index >= 15 is 0 Å². The molecule has 0 amide bonds. The number of nitrogens with one attached hydrogen (secondary N) is 1. The Balaban J connectivity index is 2.15. The number of hydrogen-bond donors (Lipinski definition) is 2. The number of carboxylic acids is 1. The summed E-state index contributed by atoms with van der Waals surface area (Å²) in [5.74, 6) is -0.941. The summed E-state index contributed by atoms with van der Waals surface area (Å²) in [6.07, 6.45) is 1.73. The van der Waals surface area contributed by atoms with Crippen LogP contribution < -0.4 is 5.32 Å². The average Bonchev–Trinajstić information content (AvgIpc) is 2.71. The predicted molar refractivity (Wildman–Crippen MR) is 70.1 cm³/mol. The molecule has 0 spiro atoms. The topological polar surface area (TPSA) is 75.1 Å². The third-order valence-corrected chi connectivity index (χ3v) is 3.54. The van der Waals surface area contributed by atoms with Crippen molar-refractivity contribution in [2.24, 2.45) is 0 Å². The summed E-state index contributed by atoms with van der Waals surface area (Å²) in [6, 6.07) is 5.66. The van der Waals surface area contributed by atoms with Crippen LogP contribution in [0.3, 0.4) is 0 Å². The summed E-state index contributed by atoms with van der Waals surface area (Å²) in [4.78, 5) is 19.6. The van der Waals surface area contributed by atoms with Gasteiger partial charge >= 0.3 is 5.97 Å². The van der Waals surface area contributed by atoms with Crippen LogP contribution >= 0.6 is 11.3 Å². The van der Waals surface area contributed by atoms with Gasteiger partial charge in [0.2, 0.25) is 0 Å². The van der Waals surface area contributed by atoms with Crippen molar-refractivity contribution in [1.82, 2.24) is 9.97 Å². The second kappa shape index (κ2) is 5.14. The maximum Gasteiger partial charge on any atom is 0.347 e. The van der Waals surface area contributed by atoms with Crippen molar-refractivity contribution in [3.05, 3.63) is 40.7 Å². The summed E-state index contributed by atoms with van der Waals surface area (Å²) in [5.41, 5.74) is 1.42. The first-order valence-electron chi connectivity index (χ1n) is 5.46. The number of thiazole rings is 1. The van der Waals surface area contributed by atoms with E-state index in [2.05, 4.69) is 15.3 Å². The molecule has 0 radical (unpaired) electrons. The molecule has 2 aromatic rings. The highest BCUT2D eigenvalue weighted by Crippen LogP contribution is 2.25. The molecule has 0 saturated carbocycles. The van der Waals surface area contributed by atoms with Crippen LogP contribution in [0, 0.1) is 6.92 Å². The second-order valence-corrected chi connectivity index (χ2v) is 4.86. The summed E-state index contributed by atoms with van der Waals surface area (Å²) in [6.45, 7) is 3.65. The SMILES string of the molecule is Cc1nc(NC(C)c2ccccn2)sc1C(=O)O. The minimum Gasteiger partial charge on any atom is -0.477 e. The number of rotatable bonds is 4. The Morgan fingerprint density at radius 1 is 1.50 bits per heavy atom. The van der Waals surface area contributed by atoms with Crippen LogP contribution in [0.25, 0.3) is 0 Å². The number of aromatic nitrogens is 2. The summed E-state index contributed by atoms with van der Waals surface area (Å²) in [5, 5.41) is 12.7. The Morgan fingerprint density at radius 2 is 2.28 bits per heavy atom. The minimum atomic E-state index is -0.941. The number of carboxylic acid groups (broad SMARTS) is 1. The second-order valence-electron chi connectivity index (χ2n) is 3.86. The molecule has 0 saturated heterocycles. The maximum absolute atomic E-state index is 10.9. The van der Waals surface area contributed by atoms with Gasteiger partial charge in [0.15, 0.2) is 5.13 Å². The van der Waals surface area contributed by atoms with Gasteiger partial charge in [0.1, 0.15) is 4.88 Å². The Kier molecular flexibility index (Phi) is 3.57. The number of hydrogen-bond acceptors (Lipinski definition) is 5. The Bertz CT molecular complexity index is 554. The molecule has 18 heavy (non-hydrogen) atoms. The van der Waals surface area contributed by atoms with Crippen LogP contribution in [-0.2, 0) is 0 Å². The summed E-state index contributed by atoms with van der Waals surface area (Å²) in [7, 11) is 0. The molecule has 1 unspecified atom stereocenters. The predicted octanol–water partition coefficient (Wildman–Crippen LogP) is 2.72. The van der Waals surface area contributed by atoms with Gasteiger partial charge in [-0.1, -0.05) is 17.4 Å². The molecule has 0 aliphatic carbocycles. The molecule has 2 N–H and O–H groups in total. The van der Waals surface area contributed by atoms with E-state index in [4.69, 9.17) is 5.11 Å². The quantitative estimate of drug-likeness (QED) is 0.887. The van der Waals surface area contributed by atoms with Crippen molar-refractivity contribution in [3.63, 3.8) is 0 Å². The van der Waals surface area contributed by atoms with Gasteiger partial charge in [0.05, 0.1) is 17.4 Å². The van der Waals surface area contributed by atoms with E-state index in [1.807, 2.05) is 25.1 Å². The van der Waals surface area contributed by atoms with Gasteiger partial charge in [-0.25, -0.2) is 9.78 Å². The molecular weight excluding hydrogens is 250 g/mol. The molecule has 5 nitrogen and oxygen atoms in total. The molecule has 94 valence electrons. The van der Waals surface area contributed by atoms with Crippen molar-refractivity contribution < 1.29 is 9.90 Å². The lowest BCUT2D eigenvalue weighted by atomic mass is 10.2. The summed E-state index contributed by atoms with van der Waals surface area (Å²) >= 11 is 1.14. The monoisotopic (exact) mass is 263 g/mol. The van der Waals surface area contributed by atoms with Crippen LogP contribution in [0.1, 0.15) is 34.0 Å². The fraction of sp³-hybridized carbons (Fsp3) is 0.250. The van der Waals surface area contributed by atoms with E-state index in [0.29, 0.717) is 10.8 Å². The van der Waals surface area contributed by atoms with Gasteiger partial charge in [0, 0.05) is 6.20 Å². The Morgan fingerprint density at radius 3 is 2.83 bits per heavy atom. The van der Waals surface area contributed by atoms with E-state index in [1.165, 1.54) is 0 Å². The molecule has 6 heteroatoms. The number of carbonyl (C=O) groups is 1. The third kappa shape index (κ3) is 2.65. The standard InChI is InChI=1S/C12H13N3O2S/c1-7(9-5-3-4-6-13-9)14-12-15-8(2)10(18-12)11(16)17/h3-7H,1-2H3,(H,14,15)(H,16,17). The van der Waals surface area contributed by atoms with Crippen molar-refractivity contribution in [2.45, 2.75) is 19.9 Å². The average molecular weight is 263 g/mol. The van der Waals surface area contributed by atoms with E-state index in [1.54, 1.807) is 13.1 Å². The largest absolute Gasteiger partial charge is 0.477 e. The molecule has 2 heterocycles. The third-order valence-electron chi connectivity index (χ3n) is 2.46. The highest BCUT2D eigenvalue weighted by Gasteiger charge is 2.15. The molecule has 2 rings (SSSR count). The minimum absolute atomic E-state index is 0.0154. The number of nitrogens with zero attached hydrogens (tertiary/aromatic N) is 2. The smallest absolute Gasteiger partial charge is 0.347 e. The molecule has 0 fully saturated rings. The van der Waals surface area contributed by atoms with Gasteiger partial charge in [-0.05, 0) is 26.0 Å². The molecule has 0 aliphatic heterocycles. The van der Waals surface area contributed by atoms with Gasteiger partial charge in [-0.15, -0.1) is 0 Å². The highest BCUT2D eigenvalue weighted by molar-refractivity contribution is 7.17. The Hall–Kier alpha value is -1.95. The number of aromatic carboxylic acids is 1. The number of pyridine rings is 1. The van der Waals surface area contributed by atoms with Crippen molar-refractivity contribution in [3.8, 4) is 0 Å². The van der Waals surface area contributed by atoms with Crippen LogP contribution in [0.5, 0.6) is 0 Å². The van der Waals surface area contributed by atoms with Gasteiger partial charge in [-0.2, -0.15) is 0 Å². The lowest BCUT2D eigenvalue weighted by Crippen LogP contribution is -2.07. The first-order valence-corrected chi connectivity index (χ1v) is 6.27. The summed E-state index contributed by atoms with van der Waals surface area (Å²) < 4.78 is 0.